The van der Waals surface area contributed by atoms with Gasteiger partial charge in [0.2, 0.25) is 0 Å². The molecular formula is C15H17ClN4O. The van der Waals surface area contributed by atoms with Gasteiger partial charge in [-0.2, -0.15) is 5.10 Å². The van der Waals surface area contributed by atoms with E-state index in [1.54, 1.807) is 0 Å². The molecule has 0 aliphatic carbocycles. The number of piperidine rings is 1. The van der Waals surface area contributed by atoms with Crippen molar-refractivity contribution in [1.82, 2.24) is 19.9 Å². The van der Waals surface area contributed by atoms with Gasteiger partial charge in [-0.25, -0.2) is 4.42 Å². The molecule has 4 rings (SSSR count). The first kappa shape index (κ1) is 13.1. The molecule has 2 aromatic rings. The number of para-hydroxylation sites is 1. The van der Waals surface area contributed by atoms with Crippen LogP contribution in [-0.2, 0) is 0 Å². The van der Waals surface area contributed by atoms with Crippen LogP contribution in [0.25, 0.3) is 10.9 Å². The van der Waals surface area contributed by atoms with Crippen molar-refractivity contribution in [3.8, 4) is 0 Å². The van der Waals surface area contributed by atoms with Crippen LogP contribution in [0.3, 0.4) is 0 Å². The molecule has 2 unspecified atom stereocenters. The normalized spacial score (nSPS) is 28.0. The first-order valence-electron chi connectivity index (χ1n) is 7.41. The van der Waals surface area contributed by atoms with Crippen molar-refractivity contribution in [2.75, 3.05) is 0 Å². The van der Waals surface area contributed by atoms with Crippen LogP contribution < -0.4 is 5.32 Å². The van der Waals surface area contributed by atoms with Crippen LogP contribution in [0.4, 0.5) is 0 Å². The van der Waals surface area contributed by atoms with E-state index in [9.17, 15) is 4.79 Å². The summed E-state index contributed by atoms with van der Waals surface area (Å²) in [6, 6.07) is 8.70. The number of nitrogens with one attached hydrogen (secondary N) is 2. The Kier molecular flexibility index (Phi) is 3.12. The maximum absolute atomic E-state index is 12.6. The van der Waals surface area contributed by atoms with E-state index in [1.165, 1.54) is 17.3 Å². The highest BCUT2D eigenvalue weighted by Crippen LogP contribution is 2.31. The Morgan fingerprint density at radius 3 is 2.71 bits per heavy atom. The molecule has 1 aromatic heterocycles. The number of carbonyl (C=O) groups is 1. The molecule has 3 heterocycles. The number of carbonyl (C=O) groups excluding carboxylic acids is 1. The predicted octanol–water partition coefficient (Wildman–Crippen LogP) is 2.44. The number of aromatic amines is 1. The molecule has 2 atom stereocenters. The van der Waals surface area contributed by atoms with Gasteiger partial charge in [0.05, 0.1) is 11.6 Å². The molecule has 2 aliphatic rings. The summed E-state index contributed by atoms with van der Waals surface area (Å²) < 4.78 is 1.37. The highest BCUT2D eigenvalue weighted by atomic mass is 35.5. The minimum Gasteiger partial charge on any atom is -0.311 e. The summed E-state index contributed by atoms with van der Waals surface area (Å²) in [7, 11) is 0. The SMILES string of the molecule is O=C(c1n[nH]c2ccccc12)N(Cl)C1CC2CCC(C1)N2. The fourth-order valence-corrected chi connectivity index (χ4v) is 3.85. The number of nitrogens with zero attached hydrogens (tertiary/aromatic N) is 2. The third-order valence-corrected chi connectivity index (χ3v) is 5.07. The Morgan fingerprint density at radius 2 is 1.95 bits per heavy atom. The van der Waals surface area contributed by atoms with Crippen molar-refractivity contribution in [2.45, 2.75) is 43.8 Å². The number of benzene rings is 1. The van der Waals surface area contributed by atoms with Gasteiger partial charge in [0, 0.05) is 29.2 Å². The Hall–Kier alpha value is -1.59. The minimum atomic E-state index is -0.208. The lowest BCUT2D eigenvalue weighted by Gasteiger charge is -2.33. The summed E-state index contributed by atoms with van der Waals surface area (Å²) in [5.74, 6) is -0.208. The second kappa shape index (κ2) is 5.00. The van der Waals surface area contributed by atoms with E-state index < -0.39 is 0 Å². The number of fused-ring (bicyclic) bond motifs is 3. The zero-order valence-corrected chi connectivity index (χ0v) is 12.3. The minimum absolute atomic E-state index is 0.0911. The van der Waals surface area contributed by atoms with E-state index in [4.69, 9.17) is 11.8 Å². The van der Waals surface area contributed by atoms with Crippen molar-refractivity contribution in [2.24, 2.45) is 0 Å². The Morgan fingerprint density at radius 1 is 1.24 bits per heavy atom. The van der Waals surface area contributed by atoms with Gasteiger partial charge in [0.1, 0.15) is 0 Å². The zero-order valence-electron chi connectivity index (χ0n) is 11.6. The second-order valence-electron chi connectivity index (χ2n) is 6.00. The van der Waals surface area contributed by atoms with E-state index in [1.807, 2.05) is 24.3 Å². The highest BCUT2D eigenvalue weighted by molar-refractivity contribution is 6.25. The van der Waals surface area contributed by atoms with Gasteiger partial charge >= 0.3 is 0 Å². The monoisotopic (exact) mass is 304 g/mol. The van der Waals surface area contributed by atoms with E-state index in [0.717, 1.165) is 23.7 Å². The number of rotatable bonds is 2. The van der Waals surface area contributed by atoms with Crippen molar-refractivity contribution in [3.63, 3.8) is 0 Å². The Balaban J connectivity index is 1.59. The van der Waals surface area contributed by atoms with Crippen molar-refractivity contribution >= 4 is 28.6 Å². The smallest absolute Gasteiger partial charge is 0.289 e. The topological polar surface area (TPSA) is 61.0 Å². The molecule has 2 aliphatic heterocycles. The lowest BCUT2D eigenvalue weighted by molar-refractivity contribution is 0.0787. The summed E-state index contributed by atoms with van der Waals surface area (Å²) in [5, 5.41) is 11.4. The third kappa shape index (κ3) is 2.21. The molecule has 6 heteroatoms. The Labute approximate surface area is 127 Å². The average Bonchev–Trinajstić information content (AvgIpc) is 3.09. The van der Waals surface area contributed by atoms with Crippen LogP contribution in [0, 0.1) is 0 Å². The fourth-order valence-electron chi connectivity index (χ4n) is 3.61. The number of amides is 1. The molecule has 0 saturated carbocycles. The van der Waals surface area contributed by atoms with E-state index >= 15 is 0 Å². The van der Waals surface area contributed by atoms with Gasteiger partial charge in [-0.3, -0.25) is 9.89 Å². The molecule has 21 heavy (non-hydrogen) atoms. The highest BCUT2D eigenvalue weighted by Gasteiger charge is 2.38. The van der Waals surface area contributed by atoms with Gasteiger partial charge < -0.3 is 5.32 Å². The van der Waals surface area contributed by atoms with Crippen LogP contribution >= 0.6 is 11.8 Å². The van der Waals surface area contributed by atoms with Gasteiger partial charge in [-0.15, -0.1) is 0 Å². The van der Waals surface area contributed by atoms with Gasteiger partial charge in [0.25, 0.3) is 5.91 Å². The molecule has 2 fully saturated rings. The molecule has 2 bridgehead atoms. The quantitative estimate of drug-likeness (QED) is 0.838. The molecule has 1 aromatic carbocycles. The van der Waals surface area contributed by atoms with Crippen LogP contribution in [0.2, 0.25) is 0 Å². The number of halogens is 1. The fraction of sp³-hybridized carbons (Fsp3) is 0.467. The number of hydrogen-bond acceptors (Lipinski definition) is 3. The van der Waals surface area contributed by atoms with Crippen molar-refractivity contribution in [3.05, 3.63) is 30.0 Å². The maximum Gasteiger partial charge on any atom is 0.289 e. The average molecular weight is 305 g/mol. The lowest BCUT2D eigenvalue weighted by Crippen LogP contribution is -2.47. The molecule has 1 amide bonds. The Bertz CT molecular complexity index is 673. The summed E-state index contributed by atoms with van der Waals surface area (Å²) in [5.41, 5.74) is 1.27. The van der Waals surface area contributed by atoms with Crippen LogP contribution in [0.5, 0.6) is 0 Å². The van der Waals surface area contributed by atoms with Gasteiger partial charge in [0.15, 0.2) is 5.69 Å². The number of aromatic nitrogens is 2. The largest absolute Gasteiger partial charge is 0.311 e. The van der Waals surface area contributed by atoms with E-state index in [-0.39, 0.29) is 11.9 Å². The third-order valence-electron chi connectivity index (χ3n) is 4.64. The predicted molar refractivity (Wildman–Crippen MR) is 81.1 cm³/mol. The van der Waals surface area contributed by atoms with E-state index in [0.29, 0.717) is 17.8 Å². The van der Waals surface area contributed by atoms with Crippen LogP contribution in [-0.4, -0.2) is 38.6 Å². The standard InChI is InChI=1S/C15H17ClN4O/c16-20(11-7-9-5-6-10(8-11)17-9)15(21)14-12-3-1-2-4-13(12)18-19-14/h1-4,9-11,17H,5-8H2,(H,18,19). The summed E-state index contributed by atoms with van der Waals surface area (Å²) in [6.45, 7) is 0. The molecule has 5 nitrogen and oxygen atoms in total. The molecule has 0 radical (unpaired) electrons. The van der Waals surface area contributed by atoms with Gasteiger partial charge in [-0.1, -0.05) is 18.2 Å². The zero-order chi connectivity index (χ0) is 14.4. The molecule has 110 valence electrons. The first-order chi connectivity index (χ1) is 10.2. The molecule has 2 saturated heterocycles. The number of hydrogen-bond donors (Lipinski definition) is 2. The summed E-state index contributed by atoms with van der Waals surface area (Å²) in [4.78, 5) is 12.6. The molecular weight excluding hydrogens is 288 g/mol. The van der Waals surface area contributed by atoms with Crippen molar-refractivity contribution in [1.29, 1.82) is 0 Å². The van der Waals surface area contributed by atoms with Crippen LogP contribution in [0.1, 0.15) is 36.2 Å². The second-order valence-corrected chi connectivity index (χ2v) is 6.36. The summed E-state index contributed by atoms with van der Waals surface area (Å²) in [6.07, 6.45) is 4.22. The molecule has 0 spiro atoms. The van der Waals surface area contributed by atoms with Gasteiger partial charge in [-0.05, 0) is 31.7 Å². The van der Waals surface area contributed by atoms with Crippen molar-refractivity contribution < 1.29 is 4.79 Å². The maximum atomic E-state index is 12.6. The lowest BCUT2D eigenvalue weighted by atomic mass is 9.99. The van der Waals surface area contributed by atoms with E-state index in [2.05, 4.69) is 15.5 Å². The number of H-pyrrole nitrogens is 1. The van der Waals surface area contributed by atoms with Crippen LogP contribution in [0.15, 0.2) is 24.3 Å². The molecule has 2 N–H and O–H groups in total. The first-order valence-corrected chi connectivity index (χ1v) is 7.74. The summed E-state index contributed by atoms with van der Waals surface area (Å²) >= 11 is 6.36.